The summed E-state index contributed by atoms with van der Waals surface area (Å²) in [6.07, 6.45) is 7.74. The molecule has 2 amide bonds. The molecule has 0 aromatic heterocycles. The number of amides is 2. The Hall–Kier alpha value is -1.71. The van der Waals surface area contributed by atoms with Crippen molar-refractivity contribution in [2.75, 3.05) is 17.2 Å². The third-order valence-corrected chi connectivity index (χ3v) is 2.99. The van der Waals surface area contributed by atoms with Crippen molar-refractivity contribution >= 4 is 17.4 Å². The van der Waals surface area contributed by atoms with E-state index in [4.69, 9.17) is 5.73 Å². The van der Waals surface area contributed by atoms with E-state index in [0.29, 0.717) is 0 Å². The van der Waals surface area contributed by atoms with E-state index in [1.54, 1.807) is 0 Å². The SMILES string of the molecule is CCCCCCCCNc1cccc(NC(N)=O)c1. The fourth-order valence-corrected chi connectivity index (χ4v) is 1.99. The fourth-order valence-electron chi connectivity index (χ4n) is 1.99. The number of unbranched alkanes of at least 4 members (excludes halogenated alkanes) is 5. The van der Waals surface area contributed by atoms with Gasteiger partial charge in [-0.15, -0.1) is 0 Å². The van der Waals surface area contributed by atoms with E-state index in [0.717, 1.165) is 17.9 Å². The van der Waals surface area contributed by atoms with Gasteiger partial charge >= 0.3 is 6.03 Å². The summed E-state index contributed by atoms with van der Waals surface area (Å²) in [4.78, 5) is 10.8. The number of benzene rings is 1. The molecule has 0 aliphatic carbocycles. The number of carbonyl (C=O) groups is 1. The Bertz CT molecular complexity index is 379. The lowest BCUT2D eigenvalue weighted by molar-refractivity contribution is 0.259. The topological polar surface area (TPSA) is 67.2 Å². The van der Waals surface area contributed by atoms with E-state index in [1.165, 1.54) is 38.5 Å². The monoisotopic (exact) mass is 263 g/mol. The molecule has 4 nitrogen and oxygen atoms in total. The Labute approximate surface area is 115 Å². The third kappa shape index (κ3) is 7.34. The number of rotatable bonds is 9. The zero-order valence-electron chi connectivity index (χ0n) is 11.7. The Balaban J connectivity index is 2.20. The second kappa shape index (κ2) is 9.25. The van der Waals surface area contributed by atoms with Crippen molar-refractivity contribution in [3.63, 3.8) is 0 Å². The first-order valence-corrected chi connectivity index (χ1v) is 7.12. The molecule has 0 aliphatic rings. The van der Waals surface area contributed by atoms with Crippen LogP contribution in [0.15, 0.2) is 24.3 Å². The molecule has 0 spiro atoms. The van der Waals surface area contributed by atoms with Crippen LogP contribution < -0.4 is 16.4 Å². The molecule has 0 bridgehead atoms. The maximum atomic E-state index is 10.8. The normalized spacial score (nSPS) is 10.2. The van der Waals surface area contributed by atoms with Crippen molar-refractivity contribution in [3.05, 3.63) is 24.3 Å². The molecule has 4 N–H and O–H groups in total. The average Bonchev–Trinajstić information content (AvgIpc) is 2.37. The van der Waals surface area contributed by atoms with Crippen LogP contribution in [0.4, 0.5) is 16.2 Å². The molecule has 0 unspecified atom stereocenters. The molecular weight excluding hydrogens is 238 g/mol. The molecule has 1 aromatic carbocycles. The molecule has 19 heavy (non-hydrogen) atoms. The van der Waals surface area contributed by atoms with Crippen LogP contribution in [0.3, 0.4) is 0 Å². The second-order valence-corrected chi connectivity index (χ2v) is 4.76. The Morgan fingerprint density at radius 1 is 1.11 bits per heavy atom. The van der Waals surface area contributed by atoms with Crippen LogP contribution in [0.25, 0.3) is 0 Å². The second-order valence-electron chi connectivity index (χ2n) is 4.76. The predicted molar refractivity (Wildman–Crippen MR) is 81.5 cm³/mol. The van der Waals surface area contributed by atoms with E-state index < -0.39 is 6.03 Å². The summed E-state index contributed by atoms with van der Waals surface area (Å²) < 4.78 is 0. The highest BCUT2D eigenvalue weighted by molar-refractivity contribution is 5.88. The van der Waals surface area contributed by atoms with Crippen LogP contribution in [0.2, 0.25) is 0 Å². The number of nitrogens with two attached hydrogens (primary N) is 1. The van der Waals surface area contributed by atoms with Gasteiger partial charge in [-0.2, -0.15) is 0 Å². The highest BCUT2D eigenvalue weighted by Crippen LogP contribution is 2.15. The Morgan fingerprint density at radius 3 is 2.53 bits per heavy atom. The molecule has 0 aliphatic heterocycles. The zero-order chi connectivity index (χ0) is 13.9. The highest BCUT2D eigenvalue weighted by Gasteiger charge is 1.97. The highest BCUT2D eigenvalue weighted by atomic mass is 16.2. The summed E-state index contributed by atoms with van der Waals surface area (Å²) in [5, 5.41) is 5.93. The lowest BCUT2D eigenvalue weighted by Gasteiger charge is -2.08. The molecule has 0 heterocycles. The van der Waals surface area contributed by atoms with Gasteiger partial charge < -0.3 is 16.4 Å². The van der Waals surface area contributed by atoms with Gasteiger partial charge in [-0.05, 0) is 24.6 Å². The predicted octanol–water partition coefficient (Wildman–Crippen LogP) is 3.95. The molecule has 0 saturated heterocycles. The van der Waals surface area contributed by atoms with Crippen molar-refractivity contribution in [2.45, 2.75) is 45.4 Å². The van der Waals surface area contributed by atoms with Gasteiger partial charge in [-0.25, -0.2) is 4.79 Å². The summed E-state index contributed by atoms with van der Waals surface area (Å²) >= 11 is 0. The number of hydrogen-bond donors (Lipinski definition) is 3. The maximum Gasteiger partial charge on any atom is 0.316 e. The summed E-state index contributed by atoms with van der Waals surface area (Å²) in [5.74, 6) is 0. The molecule has 106 valence electrons. The number of carbonyl (C=O) groups excluding carboxylic acids is 1. The third-order valence-electron chi connectivity index (χ3n) is 2.99. The first-order valence-electron chi connectivity index (χ1n) is 7.12. The van der Waals surface area contributed by atoms with Crippen LogP contribution in [-0.2, 0) is 0 Å². The first-order chi connectivity index (χ1) is 9.22. The molecule has 0 fully saturated rings. The summed E-state index contributed by atoms with van der Waals surface area (Å²) in [7, 11) is 0. The van der Waals surface area contributed by atoms with Crippen LogP contribution in [0, 0.1) is 0 Å². The lowest BCUT2D eigenvalue weighted by Crippen LogP contribution is -2.19. The van der Waals surface area contributed by atoms with Crippen molar-refractivity contribution in [3.8, 4) is 0 Å². The van der Waals surface area contributed by atoms with Crippen LogP contribution in [0.5, 0.6) is 0 Å². The van der Waals surface area contributed by atoms with Gasteiger partial charge in [-0.1, -0.05) is 45.1 Å². The largest absolute Gasteiger partial charge is 0.385 e. The van der Waals surface area contributed by atoms with Crippen LogP contribution in [0.1, 0.15) is 45.4 Å². The van der Waals surface area contributed by atoms with Crippen LogP contribution in [-0.4, -0.2) is 12.6 Å². The van der Waals surface area contributed by atoms with Crippen molar-refractivity contribution in [2.24, 2.45) is 5.73 Å². The van der Waals surface area contributed by atoms with E-state index in [9.17, 15) is 4.79 Å². The minimum atomic E-state index is -0.534. The Morgan fingerprint density at radius 2 is 1.79 bits per heavy atom. The molecule has 0 saturated carbocycles. The molecule has 1 rings (SSSR count). The van der Waals surface area contributed by atoms with Crippen molar-refractivity contribution in [1.82, 2.24) is 0 Å². The van der Waals surface area contributed by atoms with Gasteiger partial charge in [0.25, 0.3) is 0 Å². The van der Waals surface area contributed by atoms with Gasteiger partial charge in [0.1, 0.15) is 0 Å². The summed E-state index contributed by atoms with van der Waals surface area (Å²) in [6, 6.07) is 7.06. The smallest absolute Gasteiger partial charge is 0.316 e. The molecule has 1 aromatic rings. The maximum absolute atomic E-state index is 10.8. The summed E-state index contributed by atoms with van der Waals surface area (Å²) in [6.45, 7) is 3.20. The minimum absolute atomic E-state index is 0.534. The number of hydrogen-bond acceptors (Lipinski definition) is 2. The zero-order valence-corrected chi connectivity index (χ0v) is 11.7. The number of primary amides is 1. The van der Waals surface area contributed by atoms with E-state index in [1.807, 2.05) is 24.3 Å². The fraction of sp³-hybridized carbons (Fsp3) is 0.533. The first kappa shape index (κ1) is 15.3. The quantitative estimate of drug-likeness (QED) is 0.590. The number of anilines is 2. The van der Waals surface area contributed by atoms with Gasteiger partial charge in [0.05, 0.1) is 0 Å². The van der Waals surface area contributed by atoms with E-state index >= 15 is 0 Å². The van der Waals surface area contributed by atoms with Gasteiger partial charge in [0, 0.05) is 17.9 Å². The number of urea groups is 1. The van der Waals surface area contributed by atoms with Crippen molar-refractivity contribution in [1.29, 1.82) is 0 Å². The minimum Gasteiger partial charge on any atom is -0.385 e. The Kier molecular flexibility index (Phi) is 7.47. The summed E-state index contributed by atoms with van der Waals surface area (Å²) in [5.41, 5.74) is 6.82. The number of nitrogens with one attached hydrogen (secondary N) is 2. The molecular formula is C15H25N3O. The standard InChI is InChI=1S/C15H25N3O/c1-2-3-4-5-6-7-11-17-13-9-8-10-14(12-13)18-15(16)19/h8-10,12,17H,2-7,11H2,1H3,(H3,16,18,19). The van der Waals surface area contributed by atoms with Crippen molar-refractivity contribution < 1.29 is 4.79 Å². The lowest BCUT2D eigenvalue weighted by atomic mass is 10.1. The molecule has 4 heteroatoms. The average molecular weight is 263 g/mol. The molecule has 0 radical (unpaired) electrons. The van der Waals surface area contributed by atoms with Crippen LogP contribution >= 0.6 is 0 Å². The van der Waals surface area contributed by atoms with Gasteiger partial charge in [0.2, 0.25) is 0 Å². The van der Waals surface area contributed by atoms with Gasteiger partial charge in [-0.3, -0.25) is 0 Å². The van der Waals surface area contributed by atoms with Gasteiger partial charge in [0.15, 0.2) is 0 Å². The van der Waals surface area contributed by atoms with E-state index in [-0.39, 0.29) is 0 Å². The van der Waals surface area contributed by atoms with E-state index in [2.05, 4.69) is 17.6 Å². The molecule has 0 atom stereocenters.